The number of carbonyl (C=O) groups excluding carboxylic acids is 1. The average Bonchev–Trinajstić information content (AvgIpc) is 2.18. The maximum absolute atomic E-state index is 11.5. The van der Waals surface area contributed by atoms with Crippen LogP contribution in [0.5, 0.6) is 0 Å². The standard InChI is InChI=1S/C11H21NO2S/c1-9-4-3-5-11(6-9,8-13)12-10(14)7-15-2/h9,13H,3-8H2,1-2H3,(H,12,14). The summed E-state index contributed by atoms with van der Waals surface area (Å²) in [6, 6.07) is 0. The molecule has 2 N–H and O–H groups in total. The summed E-state index contributed by atoms with van der Waals surface area (Å²) in [5.74, 6) is 1.13. The molecule has 15 heavy (non-hydrogen) atoms. The van der Waals surface area contributed by atoms with Gasteiger partial charge in [-0.1, -0.05) is 19.8 Å². The van der Waals surface area contributed by atoms with Crippen molar-refractivity contribution in [3.8, 4) is 0 Å². The SMILES string of the molecule is CSCC(=O)NC1(CO)CCCC(C)C1. The number of amides is 1. The summed E-state index contributed by atoms with van der Waals surface area (Å²) in [5, 5.41) is 12.5. The van der Waals surface area contributed by atoms with Crippen LogP contribution in [0, 0.1) is 5.92 Å². The van der Waals surface area contributed by atoms with Crippen LogP contribution in [0.25, 0.3) is 0 Å². The first kappa shape index (κ1) is 12.8. The van der Waals surface area contributed by atoms with E-state index < -0.39 is 0 Å². The van der Waals surface area contributed by atoms with Gasteiger partial charge in [0.15, 0.2) is 0 Å². The molecule has 0 aromatic rings. The molecule has 2 atom stereocenters. The van der Waals surface area contributed by atoms with Crippen molar-refractivity contribution in [3.63, 3.8) is 0 Å². The average molecular weight is 231 g/mol. The Bertz CT molecular complexity index is 223. The monoisotopic (exact) mass is 231 g/mol. The molecular weight excluding hydrogens is 210 g/mol. The summed E-state index contributed by atoms with van der Waals surface area (Å²) in [6.07, 6.45) is 6.04. The van der Waals surface area contributed by atoms with Gasteiger partial charge in [-0.3, -0.25) is 4.79 Å². The molecular formula is C11H21NO2S. The minimum atomic E-state index is -0.343. The molecule has 1 saturated carbocycles. The lowest BCUT2D eigenvalue weighted by Gasteiger charge is -2.39. The van der Waals surface area contributed by atoms with E-state index in [4.69, 9.17) is 0 Å². The van der Waals surface area contributed by atoms with E-state index in [0.29, 0.717) is 11.7 Å². The molecule has 4 heteroatoms. The lowest BCUT2D eigenvalue weighted by molar-refractivity contribution is -0.121. The summed E-state index contributed by atoms with van der Waals surface area (Å²) in [6.45, 7) is 2.25. The molecule has 88 valence electrons. The Balaban J connectivity index is 2.55. The van der Waals surface area contributed by atoms with Gasteiger partial charge in [0.1, 0.15) is 0 Å². The van der Waals surface area contributed by atoms with Gasteiger partial charge in [0.05, 0.1) is 17.9 Å². The van der Waals surface area contributed by atoms with E-state index in [2.05, 4.69) is 12.2 Å². The zero-order valence-electron chi connectivity index (χ0n) is 9.58. The minimum absolute atomic E-state index is 0.0469. The molecule has 0 heterocycles. The van der Waals surface area contributed by atoms with Gasteiger partial charge in [0, 0.05) is 0 Å². The quantitative estimate of drug-likeness (QED) is 0.769. The van der Waals surface area contributed by atoms with E-state index in [-0.39, 0.29) is 18.1 Å². The topological polar surface area (TPSA) is 49.3 Å². The highest BCUT2D eigenvalue weighted by atomic mass is 32.2. The predicted molar refractivity (Wildman–Crippen MR) is 64.0 cm³/mol. The zero-order valence-corrected chi connectivity index (χ0v) is 10.4. The van der Waals surface area contributed by atoms with Crippen molar-refractivity contribution < 1.29 is 9.90 Å². The van der Waals surface area contributed by atoms with Crippen LogP contribution in [0.2, 0.25) is 0 Å². The highest BCUT2D eigenvalue weighted by Crippen LogP contribution is 2.31. The third-order valence-electron chi connectivity index (χ3n) is 3.07. The molecule has 1 aliphatic carbocycles. The second-order valence-electron chi connectivity index (χ2n) is 4.62. The summed E-state index contributed by atoms with van der Waals surface area (Å²) in [5.41, 5.74) is -0.343. The fourth-order valence-electron chi connectivity index (χ4n) is 2.42. The first-order valence-corrected chi connectivity index (χ1v) is 6.92. The molecule has 1 aliphatic rings. The smallest absolute Gasteiger partial charge is 0.230 e. The Kier molecular flexibility index (Phi) is 4.93. The number of nitrogens with one attached hydrogen (secondary N) is 1. The second-order valence-corrected chi connectivity index (χ2v) is 5.49. The largest absolute Gasteiger partial charge is 0.394 e. The fourth-order valence-corrected chi connectivity index (χ4v) is 2.75. The van der Waals surface area contributed by atoms with Crippen LogP contribution < -0.4 is 5.32 Å². The Hall–Kier alpha value is -0.220. The van der Waals surface area contributed by atoms with Gasteiger partial charge in [0.25, 0.3) is 0 Å². The van der Waals surface area contributed by atoms with Crippen LogP contribution in [-0.2, 0) is 4.79 Å². The van der Waals surface area contributed by atoms with Crippen LogP contribution in [0.15, 0.2) is 0 Å². The Morgan fingerprint density at radius 3 is 2.93 bits per heavy atom. The van der Waals surface area contributed by atoms with Crippen molar-refractivity contribution in [3.05, 3.63) is 0 Å². The number of rotatable bonds is 4. The fraction of sp³-hybridized carbons (Fsp3) is 0.909. The van der Waals surface area contributed by atoms with Crippen LogP contribution in [-0.4, -0.2) is 35.2 Å². The molecule has 0 aromatic heterocycles. The van der Waals surface area contributed by atoms with Gasteiger partial charge in [-0.15, -0.1) is 0 Å². The molecule has 0 radical (unpaired) electrons. The molecule has 3 nitrogen and oxygen atoms in total. The van der Waals surface area contributed by atoms with Crippen molar-refractivity contribution in [1.29, 1.82) is 0 Å². The summed E-state index contributed by atoms with van der Waals surface area (Å²) in [4.78, 5) is 11.5. The summed E-state index contributed by atoms with van der Waals surface area (Å²) in [7, 11) is 0. The third kappa shape index (κ3) is 3.68. The summed E-state index contributed by atoms with van der Waals surface area (Å²) >= 11 is 1.51. The van der Waals surface area contributed by atoms with Crippen molar-refractivity contribution in [2.45, 2.75) is 38.1 Å². The molecule has 0 aromatic carbocycles. The second kappa shape index (κ2) is 5.75. The molecule has 1 amide bonds. The number of hydrogen-bond acceptors (Lipinski definition) is 3. The Labute approximate surface area is 96.0 Å². The normalized spacial score (nSPS) is 31.3. The van der Waals surface area contributed by atoms with Gasteiger partial charge in [-0.2, -0.15) is 11.8 Å². The Morgan fingerprint density at radius 1 is 1.67 bits per heavy atom. The van der Waals surface area contributed by atoms with E-state index in [1.807, 2.05) is 6.26 Å². The number of aliphatic hydroxyl groups is 1. The van der Waals surface area contributed by atoms with Crippen molar-refractivity contribution in [1.82, 2.24) is 5.32 Å². The van der Waals surface area contributed by atoms with Crippen molar-refractivity contribution in [2.24, 2.45) is 5.92 Å². The maximum Gasteiger partial charge on any atom is 0.230 e. The van der Waals surface area contributed by atoms with E-state index in [0.717, 1.165) is 19.3 Å². The molecule has 0 aliphatic heterocycles. The van der Waals surface area contributed by atoms with Crippen LogP contribution in [0.4, 0.5) is 0 Å². The lowest BCUT2D eigenvalue weighted by atomic mass is 9.77. The predicted octanol–water partition coefficient (Wildman–Crippen LogP) is 1.41. The third-order valence-corrected chi connectivity index (χ3v) is 3.62. The van der Waals surface area contributed by atoms with Crippen LogP contribution in [0.3, 0.4) is 0 Å². The molecule has 0 bridgehead atoms. The molecule has 1 fully saturated rings. The number of thioether (sulfide) groups is 1. The first-order chi connectivity index (χ1) is 7.12. The lowest BCUT2D eigenvalue weighted by Crippen LogP contribution is -2.54. The minimum Gasteiger partial charge on any atom is -0.394 e. The van der Waals surface area contributed by atoms with Crippen molar-refractivity contribution >= 4 is 17.7 Å². The van der Waals surface area contributed by atoms with E-state index in [1.54, 1.807) is 0 Å². The Morgan fingerprint density at radius 2 is 2.40 bits per heavy atom. The van der Waals surface area contributed by atoms with Crippen LogP contribution in [0.1, 0.15) is 32.6 Å². The van der Waals surface area contributed by atoms with Gasteiger partial charge in [0.2, 0.25) is 5.91 Å². The zero-order chi connectivity index (χ0) is 11.3. The van der Waals surface area contributed by atoms with Gasteiger partial charge in [-0.25, -0.2) is 0 Å². The molecule has 1 rings (SSSR count). The van der Waals surface area contributed by atoms with E-state index >= 15 is 0 Å². The molecule has 0 spiro atoms. The van der Waals surface area contributed by atoms with Gasteiger partial charge in [-0.05, 0) is 25.0 Å². The summed E-state index contributed by atoms with van der Waals surface area (Å²) < 4.78 is 0. The number of carbonyl (C=O) groups is 1. The first-order valence-electron chi connectivity index (χ1n) is 5.53. The van der Waals surface area contributed by atoms with Crippen LogP contribution >= 0.6 is 11.8 Å². The maximum atomic E-state index is 11.5. The number of hydrogen-bond donors (Lipinski definition) is 2. The van der Waals surface area contributed by atoms with E-state index in [1.165, 1.54) is 18.2 Å². The van der Waals surface area contributed by atoms with Gasteiger partial charge < -0.3 is 10.4 Å². The molecule has 2 unspecified atom stereocenters. The van der Waals surface area contributed by atoms with E-state index in [9.17, 15) is 9.90 Å². The molecule has 0 saturated heterocycles. The van der Waals surface area contributed by atoms with Gasteiger partial charge >= 0.3 is 0 Å². The highest BCUT2D eigenvalue weighted by molar-refractivity contribution is 7.99. The highest BCUT2D eigenvalue weighted by Gasteiger charge is 2.35. The van der Waals surface area contributed by atoms with Crippen molar-refractivity contribution in [2.75, 3.05) is 18.6 Å². The number of aliphatic hydroxyl groups excluding tert-OH is 1.